The van der Waals surface area contributed by atoms with Gasteiger partial charge in [-0.1, -0.05) is 0 Å². The summed E-state index contributed by atoms with van der Waals surface area (Å²) in [6.07, 6.45) is -19.0. The van der Waals surface area contributed by atoms with Gasteiger partial charge in [-0.15, -0.1) is 0 Å². The lowest BCUT2D eigenvalue weighted by Crippen LogP contribution is -2.67. The fourth-order valence-corrected chi connectivity index (χ4v) is 1.66. The molecule has 0 aliphatic rings. The molecule has 0 fully saturated rings. The second-order valence-corrected chi connectivity index (χ2v) is 5.68. The third-order valence-electron chi connectivity index (χ3n) is 2.56. The summed E-state index contributed by atoms with van der Waals surface area (Å²) in [5.41, 5.74) is 0. The van der Waals surface area contributed by atoms with Crippen LogP contribution in [0, 0.1) is 0 Å². The zero-order valence-corrected chi connectivity index (χ0v) is 12.3. The first-order valence-electron chi connectivity index (χ1n) is 5.60. The van der Waals surface area contributed by atoms with E-state index in [-0.39, 0.29) is 0 Å². The Kier molecular flexibility index (Phi) is 6.46. The average molecular weight is 442 g/mol. The standard InChI is InChI=1S/C8H6F13O4P/c9-3(10,1-2-4(11,12)13)5(14,15)6(16,17)7(18,19)8(20,21)25-26(22,23)24/h1-2H2,(H2,22,23,24)/p-2. The van der Waals surface area contributed by atoms with Crippen LogP contribution < -0.4 is 9.79 Å². The van der Waals surface area contributed by atoms with E-state index < -0.39 is 56.6 Å². The van der Waals surface area contributed by atoms with Crippen LogP contribution >= 0.6 is 7.82 Å². The minimum Gasteiger partial charge on any atom is -0.790 e. The van der Waals surface area contributed by atoms with Gasteiger partial charge in [-0.25, -0.2) is 0 Å². The first kappa shape index (κ1) is 25.2. The lowest BCUT2D eigenvalue weighted by atomic mass is 9.95. The van der Waals surface area contributed by atoms with E-state index in [1.807, 2.05) is 0 Å². The van der Waals surface area contributed by atoms with Crippen LogP contribution in [-0.4, -0.2) is 36.0 Å². The molecule has 158 valence electrons. The van der Waals surface area contributed by atoms with Crippen molar-refractivity contribution < 1.29 is 76.0 Å². The van der Waals surface area contributed by atoms with Gasteiger partial charge in [0.25, 0.3) is 0 Å². The van der Waals surface area contributed by atoms with Crippen molar-refractivity contribution in [2.45, 2.75) is 48.8 Å². The van der Waals surface area contributed by atoms with Gasteiger partial charge in [0.2, 0.25) is 0 Å². The molecule has 4 nitrogen and oxygen atoms in total. The van der Waals surface area contributed by atoms with Crippen LogP contribution in [-0.2, 0) is 9.09 Å². The van der Waals surface area contributed by atoms with Crippen LogP contribution in [0.2, 0.25) is 0 Å². The molecular formula is C8H4F13O4P-2. The Morgan fingerprint density at radius 1 is 0.654 bits per heavy atom. The third kappa shape index (κ3) is 4.92. The lowest BCUT2D eigenvalue weighted by molar-refractivity contribution is -0.449. The van der Waals surface area contributed by atoms with Gasteiger partial charge < -0.3 is 14.4 Å². The quantitative estimate of drug-likeness (QED) is 0.428. The number of hydrogen-bond donors (Lipinski definition) is 0. The lowest BCUT2D eigenvalue weighted by Gasteiger charge is -2.41. The predicted octanol–water partition coefficient (Wildman–Crippen LogP) is 3.31. The van der Waals surface area contributed by atoms with E-state index in [9.17, 15) is 71.4 Å². The maximum atomic E-state index is 13.1. The number of alkyl halides is 13. The largest absolute Gasteiger partial charge is 0.790 e. The maximum Gasteiger partial charge on any atom is 0.429 e. The van der Waals surface area contributed by atoms with E-state index in [0.717, 1.165) is 0 Å². The summed E-state index contributed by atoms with van der Waals surface area (Å²) >= 11 is 0. The minimum absolute atomic E-state index is 1.72. The number of halogens is 13. The highest BCUT2D eigenvalue weighted by Gasteiger charge is 2.87. The molecule has 0 aromatic heterocycles. The van der Waals surface area contributed by atoms with Gasteiger partial charge >= 0.3 is 36.0 Å². The fourth-order valence-electron chi connectivity index (χ4n) is 1.26. The van der Waals surface area contributed by atoms with Gasteiger partial charge in [0.1, 0.15) is 0 Å². The van der Waals surface area contributed by atoms with Gasteiger partial charge in [-0.2, -0.15) is 57.1 Å². The zero-order valence-electron chi connectivity index (χ0n) is 11.4. The smallest absolute Gasteiger partial charge is 0.429 e. The molecule has 0 unspecified atom stereocenters. The molecule has 0 saturated carbocycles. The fraction of sp³-hybridized carbons (Fsp3) is 1.00. The summed E-state index contributed by atoms with van der Waals surface area (Å²) in [4.78, 5) is 19.6. The topological polar surface area (TPSA) is 72.4 Å². The minimum atomic E-state index is -7.85. The molecule has 0 saturated heterocycles. The van der Waals surface area contributed by atoms with Crippen LogP contribution in [0.25, 0.3) is 0 Å². The van der Waals surface area contributed by atoms with Gasteiger partial charge in [-0.05, 0) is 0 Å². The van der Waals surface area contributed by atoms with E-state index in [2.05, 4.69) is 0 Å². The Labute approximate surface area is 134 Å². The second kappa shape index (κ2) is 6.67. The van der Waals surface area contributed by atoms with Crippen molar-refractivity contribution in [2.75, 3.05) is 0 Å². The Morgan fingerprint density at radius 3 is 1.35 bits per heavy atom. The van der Waals surface area contributed by atoms with E-state index in [1.54, 1.807) is 4.52 Å². The van der Waals surface area contributed by atoms with Crippen molar-refractivity contribution in [1.29, 1.82) is 0 Å². The molecule has 0 N–H and O–H groups in total. The number of phosphoric ester groups is 1. The van der Waals surface area contributed by atoms with Crippen molar-refractivity contribution in [1.82, 2.24) is 0 Å². The molecule has 0 spiro atoms. The predicted molar refractivity (Wildman–Crippen MR) is 48.7 cm³/mol. The van der Waals surface area contributed by atoms with Gasteiger partial charge in [-0.3, -0.25) is 4.52 Å². The maximum absolute atomic E-state index is 13.1. The average Bonchev–Trinajstić information content (AvgIpc) is 2.31. The SMILES string of the molecule is O=P([O-])([O-])OC(F)(F)C(F)(F)C(F)(F)C(F)(F)C(F)(F)CCC(F)(F)F. The normalized spacial score (nSPS) is 16.1. The van der Waals surface area contributed by atoms with Crippen molar-refractivity contribution in [3.63, 3.8) is 0 Å². The molecule has 0 radical (unpaired) electrons. The Bertz CT molecular complexity index is 551. The molecule has 0 bridgehead atoms. The Balaban J connectivity index is 5.97. The number of phosphoric acid groups is 1. The molecular weight excluding hydrogens is 438 g/mol. The highest BCUT2D eigenvalue weighted by Crippen LogP contribution is 2.59. The van der Waals surface area contributed by atoms with Crippen molar-refractivity contribution >= 4 is 7.82 Å². The first-order chi connectivity index (χ1) is 10.9. The van der Waals surface area contributed by atoms with E-state index in [1.165, 1.54) is 0 Å². The van der Waals surface area contributed by atoms with Gasteiger partial charge in [0.05, 0.1) is 7.82 Å². The second-order valence-electron chi connectivity index (χ2n) is 4.60. The van der Waals surface area contributed by atoms with Crippen LogP contribution in [0.3, 0.4) is 0 Å². The summed E-state index contributed by atoms with van der Waals surface area (Å²) in [6.45, 7) is 0. The first-order valence-corrected chi connectivity index (χ1v) is 7.06. The number of rotatable bonds is 8. The Morgan fingerprint density at radius 2 is 1.04 bits per heavy atom. The molecule has 26 heavy (non-hydrogen) atoms. The number of hydrogen-bond acceptors (Lipinski definition) is 4. The molecule has 0 heterocycles. The van der Waals surface area contributed by atoms with Gasteiger partial charge in [0, 0.05) is 12.8 Å². The van der Waals surface area contributed by atoms with Crippen molar-refractivity contribution in [3.8, 4) is 0 Å². The molecule has 18 heteroatoms. The molecule has 0 atom stereocenters. The monoisotopic (exact) mass is 442 g/mol. The summed E-state index contributed by atoms with van der Waals surface area (Å²) in [6, 6.07) is 0. The van der Waals surface area contributed by atoms with Crippen LogP contribution in [0.15, 0.2) is 0 Å². The third-order valence-corrected chi connectivity index (χ3v) is 3.02. The highest BCUT2D eigenvalue weighted by atomic mass is 31.2. The van der Waals surface area contributed by atoms with E-state index in [0.29, 0.717) is 0 Å². The highest BCUT2D eigenvalue weighted by molar-refractivity contribution is 7.43. The van der Waals surface area contributed by atoms with Crippen molar-refractivity contribution in [3.05, 3.63) is 0 Å². The van der Waals surface area contributed by atoms with Crippen LogP contribution in [0.5, 0.6) is 0 Å². The summed E-state index contributed by atoms with van der Waals surface area (Å²) < 4.78 is 176. The Hall–Kier alpha value is -0.800. The molecule has 0 aliphatic heterocycles. The van der Waals surface area contributed by atoms with Gasteiger partial charge in [0.15, 0.2) is 0 Å². The molecule has 0 rings (SSSR count). The molecule has 0 aromatic carbocycles. The van der Waals surface area contributed by atoms with E-state index >= 15 is 0 Å². The van der Waals surface area contributed by atoms with E-state index in [4.69, 9.17) is 0 Å². The summed E-state index contributed by atoms with van der Waals surface area (Å²) in [5.74, 6) is -29.8. The molecule has 0 amide bonds. The molecule has 0 aromatic rings. The van der Waals surface area contributed by atoms with Crippen LogP contribution in [0.4, 0.5) is 57.1 Å². The summed E-state index contributed by atoms with van der Waals surface area (Å²) in [7, 11) is -7.23. The van der Waals surface area contributed by atoms with Crippen molar-refractivity contribution in [2.24, 2.45) is 0 Å². The summed E-state index contributed by atoms with van der Waals surface area (Å²) in [5, 5.41) is 0. The van der Waals surface area contributed by atoms with Crippen LogP contribution in [0.1, 0.15) is 12.8 Å². The molecule has 0 aliphatic carbocycles. The zero-order chi connectivity index (χ0) is 21.6.